The predicted octanol–water partition coefficient (Wildman–Crippen LogP) is 3.19. The summed E-state index contributed by atoms with van der Waals surface area (Å²) < 4.78 is 0. The first-order valence-electron chi connectivity index (χ1n) is 9.02. The second kappa shape index (κ2) is 8.03. The summed E-state index contributed by atoms with van der Waals surface area (Å²) in [6, 6.07) is 12.5. The van der Waals surface area contributed by atoms with Crippen molar-refractivity contribution in [1.29, 1.82) is 5.41 Å². The molecule has 1 aliphatic carbocycles. The van der Waals surface area contributed by atoms with Crippen LogP contribution in [0.1, 0.15) is 46.3 Å². The number of carbonyl (C=O) groups excluding carboxylic acids is 1. The average Bonchev–Trinajstić information content (AvgIpc) is 2.66. The number of hydrogen-bond acceptors (Lipinski definition) is 3. The second-order valence-electron chi connectivity index (χ2n) is 6.97. The Labute approximate surface area is 157 Å². The van der Waals surface area contributed by atoms with Crippen molar-refractivity contribution in [3.63, 3.8) is 0 Å². The normalized spacial score (nSPS) is 15.6. The van der Waals surface area contributed by atoms with Crippen molar-refractivity contribution in [2.45, 2.75) is 32.1 Å². The van der Waals surface area contributed by atoms with Gasteiger partial charge in [-0.05, 0) is 67.0 Å². The monoisotopic (exact) mass is 365 g/mol. The van der Waals surface area contributed by atoms with Crippen LogP contribution in [0, 0.1) is 11.3 Å². The lowest BCUT2D eigenvalue weighted by Gasteiger charge is -2.24. The molecule has 1 aliphatic rings. The van der Waals surface area contributed by atoms with Crippen LogP contribution in [-0.4, -0.2) is 22.8 Å². The van der Waals surface area contributed by atoms with Gasteiger partial charge >= 0.3 is 5.97 Å². The van der Waals surface area contributed by atoms with E-state index in [1.165, 1.54) is 11.1 Å². The topological polar surface area (TPSA) is 116 Å². The van der Waals surface area contributed by atoms with Gasteiger partial charge in [-0.15, -0.1) is 0 Å². The van der Waals surface area contributed by atoms with Crippen LogP contribution in [0.2, 0.25) is 0 Å². The van der Waals surface area contributed by atoms with Gasteiger partial charge in [-0.3, -0.25) is 15.0 Å². The number of nitrogens with one attached hydrogen (secondary N) is 2. The Hall–Kier alpha value is -3.15. The zero-order valence-electron chi connectivity index (χ0n) is 15.0. The average molecular weight is 365 g/mol. The molecule has 5 N–H and O–H groups in total. The van der Waals surface area contributed by atoms with Gasteiger partial charge in [-0.25, -0.2) is 0 Å². The summed E-state index contributed by atoms with van der Waals surface area (Å²) >= 11 is 0. The van der Waals surface area contributed by atoms with Crippen molar-refractivity contribution in [3.05, 3.63) is 64.7 Å². The van der Waals surface area contributed by atoms with Crippen molar-refractivity contribution in [2.24, 2.45) is 11.7 Å². The summed E-state index contributed by atoms with van der Waals surface area (Å²) in [6.07, 6.45) is 3.70. The number of fused-ring (bicyclic) bond motifs is 1. The van der Waals surface area contributed by atoms with E-state index in [4.69, 9.17) is 16.2 Å². The van der Waals surface area contributed by atoms with Crippen LogP contribution in [0.25, 0.3) is 0 Å². The summed E-state index contributed by atoms with van der Waals surface area (Å²) in [5.74, 6) is -0.567. The van der Waals surface area contributed by atoms with E-state index < -0.39 is 5.97 Å². The molecule has 0 heterocycles. The van der Waals surface area contributed by atoms with Gasteiger partial charge in [0, 0.05) is 23.2 Å². The van der Waals surface area contributed by atoms with E-state index in [-0.39, 0.29) is 18.2 Å². The zero-order valence-corrected chi connectivity index (χ0v) is 15.0. The van der Waals surface area contributed by atoms with E-state index in [0.717, 1.165) is 24.9 Å². The molecule has 0 bridgehead atoms. The number of aryl methyl sites for hydroxylation is 1. The molecular formula is C21H23N3O3. The lowest BCUT2D eigenvalue weighted by atomic mass is 9.81. The first-order chi connectivity index (χ1) is 12.9. The summed E-state index contributed by atoms with van der Waals surface area (Å²) in [5, 5.41) is 19.1. The van der Waals surface area contributed by atoms with Crippen LogP contribution < -0.4 is 11.1 Å². The third-order valence-corrected chi connectivity index (χ3v) is 5.02. The van der Waals surface area contributed by atoms with Gasteiger partial charge in [0.05, 0.1) is 0 Å². The van der Waals surface area contributed by atoms with Gasteiger partial charge in [0.1, 0.15) is 5.84 Å². The third-order valence-electron chi connectivity index (χ3n) is 5.02. The smallest absolute Gasteiger partial charge is 0.303 e. The van der Waals surface area contributed by atoms with Crippen LogP contribution in [0.5, 0.6) is 0 Å². The maximum atomic E-state index is 12.4. The van der Waals surface area contributed by atoms with Crippen LogP contribution in [-0.2, 0) is 17.6 Å². The molecule has 0 aliphatic heterocycles. The van der Waals surface area contributed by atoms with Crippen LogP contribution in [0.4, 0.5) is 5.69 Å². The van der Waals surface area contributed by atoms with Crippen molar-refractivity contribution < 1.29 is 14.7 Å². The van der Waals surface area contributed by atoms with Gasteiger partial charge < -0.3 is 16.2 Å². The first-order valence-corrected chi connectivity index (χ1v) is 9.02. The van der Waals surface area contributed by atoms with Gasteiger partial charge in [0.25, 0.3) is 5.91 Å². The largest absolute Gasteiger partial charge is 0.481 e. The van der Waals surface area contributed by atoms with E-state index >= 15 is 0 Å². The van der Waals surface area contributed by atoms with E-state index in [2.05, 4.69) is 5.32 Å². The fourth-order valence-corrected chi connectivity index (χ4v) is 3.49. The van der Waals surface area contributed by atoms with Crippen molar-refractivity contribution in [3.8, 4) is 0 Å². The predicted molar refractivity (Wildman–Crippen MR) is 104 cm³/mol. The van der Waals surface area contributed by atoms with E-state index in [9.17, 15) is 9.59 Å². The van der Waals surface area contributed by atoms with E-state index in [0.29, 0.717) is 23.5 Å². The number of carbonyl (C=O) groups is 2. The molecule has 1 unspecified atom stereocenters. The lowest BCUT2D eigenvalue weighted by Crippen LogP contribution is -2.17. The molecule has 27 heavy (non-hydrogen) atoms. The number of nitrogen functional groups attached to an aromatic ring is 1. The van der Waals surface area contributed by atoms with Crippen LogP contribution >= 0.6 is 0 Å². The highest BCUT2D eigenvalue weighted by atomic mass is 16.4. The van der Waals surface area contributed by atoms with Crippen LogP contribution in [0.3, 0.4) is 0 Å². The summed E-state index contributed by atoms with van der Waals surface area (Å²) in [5.41, 5.74) is 9.71. The molecule has 140 valence electrons. The van der Waals surface area contributed by atoms with Gasteiger partial charge in [0.15, 0.2) is 0 Å². The van der Waals surface area contributed by atoms with Gasteiger partial charge in [0.2, 0.25) is 0 Å². The maximum absolute atomic E-state index is 12.4. The SMILES string of the molecule is N=C(N)c1ccc(C(=O)Nc2ccc3c(c2)CCC(CCC(=O)O)C3)cc1. The number of carboxylic acid groups (broad SMARTS) is 1. The Bertz CT molecular complexity index is 875. The molecule has 0 radical (unpaired) electrons. The van der Waals surface area contributed by atoms with E-state index in [1.54, 1.807) is 24.3 Å². The Morgan fingerprint density at radius 1 is 1.11 bits per heavy atom. The Kier molecular flexibility index (Phi) is 5.54. The minimum Gasteiger partial charge on any atom is -0.481 e. The molecule has 0 aromatic heterocycles. The Morgan fingerprint density at radius 3 is 2.48 bits per heavy atom. The Balaban J connectivity index is 1.64. The molecule has 0 spiro atoms. The number of anilines is 1. The summed E-state index contributed by atoms with van der Waals surface area (Å²) in [7, 11) is 0. The molecule has 1 atom stereocenters. The Morgan fingerprint density at radius 2 is 1.81 bits per heavy atom. The summed E-state index contributed by atoms with van der Waals surface area (Å²) in [6.45, 7) is 0. The fraction of sp³-hybridized carbons (Fsp3) is 0.286. The number of aliphatic carboxylic acids is 1. The first kappa shape index (κ1) is 18.6. The van der Waals surface area contributed by atoms with Crippen molar-refractivity contribution >= 4 is 23.4 Å². The molecule has 6 nitrogen and oxygen atoms in total. The number of rotatable bonds is 6. The number of nitrogens with two attached hydrogens (primary N) is 1. The van der Waals surface area contributed by atoms with Crippen molar-refractivity contribution in [2.75, 3.05) is 5.32 Å². The molecule has 2 aromatic rings. The van der Waals surface area contributed by atoms with Crippen LogP contribution in [0.15, 0.2) is 42.5 Å². The molecule has 3 rings (SSSR count). The standard InChI is InChI=1S/C21H23N3O3/c22-20(23)14-4-6-15(7-5-14)21(27)24-18-9-8-16-11-13(2-10-19(25)26)1-3-17(16)12-18/h4-9,12-13H,1-3,10-11H2,(H3,22,23)(H,24,27)(H,25,26). The quantitative estimate of drug-likeness (QED) is 0.464. The zero-order chi connectivity index (χ0) is 19.4. The number of carboxylic acids is 1. The highest BCUT2D eigenvalue weighted by Gasteiger charge is 2.20. The highest BCUT2D eigenvalue weighted by Crippen LogP contribution is 2.30. The number of amidine groups is 1. The molecular weight excluding hydrogens is 342 g/mol. The minimum atomic E-state index is -0.741. The van der Waals surface area contributed by atoms with E-state index in [1.807, 2.05) is 18.2 Å². The molecule has 1 amide bonds. The molecule has 2 aromatic carbocycles. The second-order valence-corrected chi connectivity index (χ2v) is 6.97. The fourth-order valence-electron chi connectivity index (χ4n) is 3.49. The molecule has 6 heteroatoms. The minimum absolute atomic E-state index is 0.0293. The number of benzene rings is 2. The molecule has 0 fully saturated rings. The summed E-state index contributed by atoms with van der Waals surface area (Å²) in [4.78, 5) is 23.2. The lowest BCUT2D eigenvalue weighted by molar-refractivity contribution is -0.137. The molecule has 0 saturated carbocycles. The number of hydrogen-bond donors (Lipinski definition) is 4. The van der Waals surface area contributed by atoms with Gasteiger partial charge in [-0.1, -0.05) is 18.2 Å². The van der Waals surface area contributed by atoms with Gasteiger partial charge in [-0.2, -0.15) is 0 Å². The number of amides is 1. The highest BCUT2D eigenvalue weighted by molar-refractivity contribution is 6.05. The maximum Gasteiger partial charge on any atom is 0.303 e. The molecule has 0 saturated heterocycles. The third kappa shape index (κ3) is 4.73. The van der Waals surface area contributed by atoms with Crippen molar-refractivity contribution in [1.82, 2.24) is 0 Å².